The zero-order valence-corrected chi connectivity index (χ0v) is 7.41. The van der Waals surface area contributed by atoms with Gasteiger partial charge in [0.25, 0.3) is 17.6 Å². The van der Waals surface area contributed by atoms with Crippen LogP contribution in [0.5, 0.6) is 0 Å². The van der Waals surface area contributed by atoms with E-state index in [1.165, 1.54) is 12.4 Å². The van der Waals surface area contributed by atoms with E-state index in [4.69, 9.17) is 16.0 Å². The molecule has 4 N–H and O–H groups in total. The highest BCUT2D eigenvalue weighted by Crippen LogP contribution is 2.18. The number of nitrogen functional groups attached to an aromatic ring is 1. The Morgan fingerprint density at radius 1 is 1.33 bits per heavy atom. The lowest BCUT2D eigenvalue weighted by molar-refractivity contribution is 0.0987. The van der Waals surface area contributed by atoms with Gasteiger partial charge in [-0.2, -0.15) is 4.98 Å². The van der Waals surface area contributed by atoms with Gasteiger partial charge in [-0.3, -0.25) is 4.79 Å². The Kier molecular flexibility index (Phi) is 2.01. The van der Waals surface area contributed by atoms with E-state index < -0.39 is 5.91 Å². The Morgan fingerprint density at radius 3 is 2.67 bits per heavy atom. The first-order valence-corrected chi connectivity index (χ1v) is 3.89. The highest BCUT2D eigenvalue weighted by molar-refractivity contribution is 5.89. The van der Waals surface area contributed by atoms with Gasteiger partial charge in [-0.05, 0) is 0 Å². The molecule has 0 fully saturated rings. The lowest BCUT2D eigenvalue weighted by Crippen LogP contribution is -2.12. The third kappa shape index (κ3) is 1.59. The van der Waals surface area contributed by atoms with Crippen LogP contribution in [0.25, 0.3) is 11.6 Å². The second-order valence-electron chi connectivity index (χ2n) is 2.58. The van der Waals surface area contributed by atoms with Crippen molar-refractivity contribution < 1.29 is 9.32 Å². The van der Waals surface area contributed by atoms with Crippen LogP contribution in [0.3, 0.4) is 0 Å². The molecular formula is C7H6N6O2. The predicted octanol–water partition coefficient (Wildman–Crippen LogP) is -0.792. The van der Waals surface area contributed by atoms with Gasteiger partial charge in [0.05, 0.1) is 0 Å². The molecule has 0 aliphatic heterocycles. The molecule has 8 nitrogen and oxygen atoms in total. The molecule has 15 heavy (non-hydrogen) atoms. The van der Waals surface area contributed by atoms with Crippen LogP contribution in [0.2, 0.25) is 0 Å². The molecule has 0 aromatic carbocycles. The second-order valence-corrected chi connectivity index (χ2v) is 2.58. The molecule has 8 heteroatoms. The van der Waals surface area contributed by atoms with Gasteiger partial charge < -0.3 is 16.0 Å². The van der Waals surface area contributed by atoms with E-state index in [0.29, 0.717) is 0 Å². The van der Waals surface area contributed by atoms with E-state index in [-0.39, 0.29) is 23.2 Å². The van der Waals surface area contributed by atoms with E-state index >= 15 is 0 Å². The molecule has 0 bridgehead atoms. The predicted molar refractivity (Wildman–Crippen MR) is 48.3 cm³/mol. The van der Waals surface area contributed by atoms with E-state index in [2.05, 4.69) is 20.1 Å². The summed E-state index contributed by atoms with van der Waals surface area (Å²) in [7, 11) is 0. The number of nitrogens with zero attached hydrogens (tertiary/aromatic N) is 4. The topological polar surface area (TPSA) is 134 Å². The lowest BCUT2D eigenvalue weighted by Gasteiger charge is -1.95. The van der Waals surface area contributed by atoms with Crippen molar-refractivity contribution in [2.75, 3.05) is 5.73 Å². The first-order valence-electron chi connectivity index (χ1n) is 3.89. The van der Waals surface area contributed by atoms with Crippen molar-refractivity contribution >= 4 is 11.7 Å². The van der Waals surface area contributed by atoms with Crippen molar-refractivity contribution in [3.8, 4) is 11.6 Å². The Labute approximate surface area is 83.3 Å². The maximum Gasteiger partial charge on any atom is 0.290 e. The average Bonchev–Trinajstić information content (AvgIpc) is 2.67. The normalized spacial score (nSPS) is 10.1. The van der Waals surface area contributed by atoms with Gasteiger partial charge in [0.2, 0.25) is 0 Å². The molecule has 2 heterocycles. The minimum absolute atomic E-state index is 0.00870. The fraction of sp³-hybridized carbons (Fsp3) is 0. The lowest BCUT2D eigenvalue weighted by atomic mass is 10.4. The summed E-state index contributed by atoms with van der Waals surface area (Å²) < 4.78 is 4.75. The van der Waals surface area contributed by atoms with Crippen molar-refractivity contribution in [3.63, 3.8) is 0 Å². The SMILES string of the molecule is NC(=O)c1noc(-c2nccnc2N)n1. The number of primary amides is 1. The summed E-state index contributed by atoms with van der Waals surface area (Å²) in [6, 6.07) is 0. The van der Waals surface area contributed by atoms with Crippen LogP contribution in [0.4, 0.5) is 5.82 Å². The number of hydrogen-bond donors (Lipinski definition) is 2. The minimum atomic E-state index is -0.785. The smallest absolute Gasteiger partial charge is 0.290 e. The zero-order chi connectivity index (χ0) is 10.8. The zero-order valence-electron chi connectivity index (χ0n) is 7.41. The Balaban J connectivity index is 2.46. The first-order chi connectivity index (χ1) is 7.18. The molecule has 76 valence electrons. The summed E-state index contributed by atoms with van der Waals surface area (Å²) in [5.74, 6) is -0.867. The van der Waals surface area contributed by atoms with E-state index in [1.54, 1.807) is 0 Å². The third-order valence-corrected chi connectivity index (χ3v) is 1.58. The molecule has 0 unspecified atom stereocenters. The Hall–Kier alpha value is -2.51. The number of hydrogen-bond acceptors (Lipinski definition) is 7. The van der Waals surface area contributed by atoms with Gasteiger partial charge in [0.1, 0.15) is 0 Å². The number of carbonyl (C=O) groups is 1. The largest absolute Gasteiger partial charge is 0.382 e. The highest BCUT2D eigenvalue weighted by atomic mass is 16.5. The minimum Gasteiger partial charge on any atom is -0.382 e. The monoisotopic (exact) mass is 206 g/mol. The maximum atomic E-state index is 10.7. The molecule has 2 rings (SSSR count). The first kappa shape index (κ1) is 9.06. The van der Waals surface area contributed by atoms with Crippen LogP contribution in [0.15, 0.2) is 16.9 Å². The third-order valence-electron chi connectivity index (χ3n) is 1.58. The fourth-order valence-corrected chi connectivity index (χ4v) is 0.933. The maximum absolute atomic E-state index is 10.7. The second kappa shape index (κ2) is 3.33. The summed E-state index contributed by atoms with van der Waals surface area (Å²) >= 11 is 0. The number of carbonyl (C=O) groups excluding carboxylic acids is 1. The van der Waals surface area contributed by atoms with E-state index in [1.807, 2.05) is 0 Å². The van der Waals surface area contributed by atoms with E-state index in [9.17, 15) is 4.79 Å². The average molecular weight is 206 g/mol. The molecule has 0 saturated carbocycles. The van der Waals surface area contributed by atoms with Gasteiger partial charge in [0.15, 0.2) is 11.5 Å². The van der Waals surface area contributed by atoms with Crippen LogP contribution < -0.4 is 11.5 Å². The number of amides is 1. The van der Waals surface area contributed by atoms with Gasteiger partial charge in [-0.15, -0.1) is 0 Å². The number of nitrogens with two attached hydrogens (primary N) is 2. The molecule has 0 saturated heterocycles. The highest BCUT2D eigenvalue weighted by Gasteiger charge is 2.16. The molecule has 0 aliphatic carbocycles. The molecule has 2 aromatic heterocycles. The molecule has 0 atom stereocenters. The summed E-state index contributed by atoms with van der Waals surface area (Å²) in [6.07, 6.45) is 2.84. The van der Waals surface area contributed by atoms with Crippen molar-refractivity contribution in [1.82, 2.24) is 20.1 Å². The standard InChI is InChI=1S/C7H6N6O2/c8-4-3(10-1-2-11-4)7-12-6(5(9)14)13-15-7/h1-2H,(H2,8,11)(H2,9,14). The van der Waals surface area contributed by atoms with Gasteiger partial charge >= 0.3 is 0 Å². The molecule has 0 aliphatic rings. The molecule has 0 spiro atoms. The fourth-order valence-electron chi connectivity index (χ4n) is 0.933. The van der Waals surface area contributed by atoms with Crippen LogP contribution in [-0.4, -0.2) is 26.0 Å². The van der Waals surface area contributed by atoms with Crippen LogP contribution >= 0.6 is 0 Å². The molecule has 1 amide bonds. The van der Waals surface area contributed by atoms with Gasteiger partial charge in [-0.1, -0.05) is 5.16 Å². The molecule has 2 aromatic rings. The quantitative estimate of drug-likeness (QED) is 0.657. The van der Waals surface area contributed by atoms with E-state index in [0.717, 1.165) is 0 Å². The van der Waals surface area contributed by atoms with Gasteiger partial charge in [-0.25, -0.2) is 9.97 Å². The number of aromatic nitrogens is 4. The van der Waals surface area contributed by atoms with Crippen molar-refractivity contribution in [3.05, 3.63) is 18.2 Å². The van der Waals surface area contributed by atoms with Crippen molar-refractivity contribution in [2.24, 2.45) is 5.73 Å². The van der Waals surface area contributed by atoms with Gasteiger partial charge in [0, 0.05) is 12.4 Å². The number of anilines is 1. The summed E-state index contributed by atoms with van der Waals surface area (Å²) in [5.41, 5.74) is 10.7. The Bertz CT molecular complexity index is 508. The van der Waals surface area contributed by atoms with Crippen LogP contribution in [0, 0.1) is 0 Å². The van der Waals surface area contributed by atoms with Crippen LogP contribution in [-0.2, 0) is 0 Å². The summed E-state index contributed by atoms with van der Waals surface area (Å²) in [4.78, 5) is 22.1. The van der Waals surface area contributed by atoms with Crippen LogP contribution in [0.1, 0.15) is 10.6 Å². The number of rotatable bonds is 2. The summed E-state index contributed by atoms with van der Waals surface area (Å²) in [5, 5.41) is 3.35. The Morgan fingerprint density at radius 2 is 2.07 bits per heavy atom. The molecule has 0 radical (unpaired) electrons. The van der Waals surface area contributed by atoms with Crippen molar-refractivity contribution in [2.45, 2.75) is 0 Å². The molecular weight excluding hydrogens is 200 g/mol. The van der Waals surface area contributed by atoms with Crippen molar-refractivity contribution in [1.29, 1.82) is 0 Å². The summed E-state index contributed by atoms with van der Waals surface area (Å²) in [6.45, 7) is 0.